The molecule has 0 radical (unpaired) electrons. The minimum absolute atomic E-state index is 0.0134. The second kappa shape index (κ2) is 7.91. The topological polar surface area (TPSA) is 113 Å². The molecular weight excluding hydrogens is 405 g/mol. The molecule has 0 bridgehead atoms. The van der Waals surface area contributed by atoms with Gasteiger partial charge in [0.25, 0.3) is 12.3 Å². The standard InChI is InChI=1S/C17H19F3N8O2/c1-26-8-12(14(25-26)15(19)20)23-17(29)11-7-22-27-3-2-13(24-16(11)27)28(30)10-4-9(18)5-21-6-10/h2-3,7-10,15,21,30H,4-6H2,1H3,(H,23,29)/t9-,10+/m1/s1. The fourth-order valence-electron chi connectivity index (χ4n) is 3.34. The normalized spacial score (nSPS) is 19.4. The molecule has 1 aliphatic heterocycles. The lowest BCUT2D eigenvalue weighted by molar-refractivity contribution is 0.102. The minimum atomic E-state index is -2.86. The first kappa shape index (κ1) is 20.1. The van der Waals surface area contributed by atoms with Crippen LogP contribution in [0.1, 0.15) is 28.9 Å². The van der Waals surface area contributed by atoms with Gasteiger partial charge in [-0.15, -0.1) is 0 Å². The van der Waals surface area contributed by atoms with E-state index in [1.165, 1.54) is 40.9 Å². The number of nitrogens with zero attached hydrogens (tertiary/aromatic N) is 6. The minimum Gasteiger partial charge on any atom is -0.319 e. The Morgan fingerprint density at radius 2 is 2.23 bits per heavy atom. The Hall–Kier alpha value is -3.19. The van der Waals surface area contributed by atoms with Crippen molar-refractivity contribution in [3.8, 4) is 0 Å². The lowest BCUT2D eigenvalue weighted by Crippen LogP contribution is -2.49. The number of amides is 1. The molecule has 3 aromatic rings. The second-order valence-corrected chi connectivity index (χ2v) is 6.96. The summed E-state index contributed by atoms with van der Waals surface area (Å²) < 4.78 is 42.3. The smallest absolute Gasteiger partial charge is 0.284 e. The van der Waals surface area contributed by atoms with Gasteiger partial charge < -0.3 is 10.6 Å². The van der Waals surface area contributed by atoms with Gasteiger partial charge in [-0.1, -0.05) is 0 Å². The van der Waals surface area contributed by atoms with Crippen molar-refractivity contribution in [2.45, 2.75) is 25.1 Å². The van der Waals surface area contributed by atoms with Crippen molar-refractivity contribution >= 4 is 23.1 Å². The van der Waals surface area contributed by atoms with Gasteiger partial charge >= 0.3 is 0 Å². The molecule has 4 heterocycles. The van der Waals surface area contributed by atoms with Crippen LogP contribution < -0.4 is 15.7 Å². The fourth-order valence-corrected chi connectivity index (χ4v) is 3.34. The van der Waals surface area contributed by atoms with E-state index in [0.29, 0.717) is 6.54 Å². The number of nitrogens with one attached hydrogen (secondary N) is 2. The van der Waals surface area contributed by atoms with Crippen LogP contribution in [0.25, 0.3) is 5.65 Å². The molecular formula is C17H19F3N8O2. The summed E-state index contributed by atoms with van der Waals surface area (Å²) in [6.07, 6.45) is 0.156. The number of alkyl halides is 3. The van der Waals surface area contributed by atoms with Gasteiger partial charge in [0.2, 0.25) is 0 Å². The van der Waals surface area contributed by atoms with E-state index in [1.807, 2.05) is 0 Å². The molecule has 0 unspecified atom stereocenters. The summed E-state index contributed by atoms with van der Waals surface area (Å²) in [6.45, 7) is 0.590. The number of aryl methyl sites for hydroxylation is 1. The molecule has 0 spiro atoms. The van der Waals surface area contributed by atoms with Crippen LogP contribution in [0.3, 0.4) is 0 Å². The number of hydrogen-bond acceptors (Lipinski definition) is 7. The van der Waals surface area contributed by atoms with Crippen LogP contribution in [-0.4, -0.2) is 60.8 Å². The molecule has 3 N–H and O–H groups in total. The maximum Gasteiger partial charge on any atom is 0.284 e. The summed E-state index contributed by atoms with van der Waals surface area (Å²) in [7, 11) is 1.46. The van der Waals surface area contributed by atoms with E-state index in [9.17, 15) is 23.2 Å². The Morgan fingerprint density at radius 1 is 1.43 bits per heavy atom. The van der Waals surface area contributed by atoms with Gasteiger partial charge in [0.05, 0.1) is 17.9 Å². The van der Waals surface area contributed by atoms with Crippen molar-refractivity contribution in [1.82, 2.24) is 29.7 Å². The highest BCUT2D eigenvalue weighted by atomic mass is 19.3. The monoisotopic (exact) mass is 424 g/mol. The summed E-state index contributed by atoms with van der Waals surface area (Å²) >= 11 is 0. The molecule has 1 fully saturated rings. The third-order valence-electron chi connectivity index (χ3n) is 4.77. The van der Waals surface area contributed by atoms with Crippen LogP contribution in [0.2, 0.25) is 0 Å². The van der Waals surface area contributed by atoms with E-state index in [0.717, 1.165) is 5.06 Å². The molecule has 30 heavy (non-hydrogen) atoms. The lowest BCUT2D eigenvalue weighted by Gasteiger charge is -2.31. The Kier molecular flexibility index (Phi) is 5.30. The third kappa shape index (κ3) is 3.80. The van der Waals surface area contributed by atoms with Crippen LogP contribution in [0.15, 0.2) is 24.7 Å². The summed E-state index contributed by atoms with van der Waals surface area (Å²) in [6, 6.07) is 0.937. The van der Waals surface area contributed by atoms with Crippen LogP contribution in [0.4, 0.5) is 24.7 Å². The molecule has 1 amide bonds. The zero-order valence-electron chi connectivity index (χ0n) is 15.8. The quantitative estimate of drug-likeness (QED) is 0.533. The first-order valence-electron chi connectivity index (χ1n) is 9.13. The van der Waals surface area contributed by atoms with E-state index in [4.69, 9.17) is 0 Å². The molecule has 13 heteroatoms. The molecule has 1 aliphatic rings. The van der Waals surface area contributed by atoms with Crippen LogP contribution in [-0.2, 0) is 7.05 Å². The summed E-state index contributed by atoms with van der Waals surface area (Å²) in [4.78, 5) is 16.9. The summed E-state index contributed by atoms with van der Waals surface area (Å²) in [5.74, 6) is -0.607. The van der Waals surface area contributed by atoms with Gasteiger partial charge in [0.15, 0.2) is 17.2 Å². The highest BCUT2D eigenvalue weighted by Gasteiger charge is 2.28. The van der Waals surface area contributed by atoms with Crippen LogP contribution >= 0.6 is 0 Å². The molecule has 10 nitrogen and oxygen atoms in total. The molecule has 0 aromatic carbocycles. The Labute approximate surface area is 168 Å². The fraction of sp³-hybridized carbons (Fsp3) is 0.412. The second-order valence-electron chi connectivity index (χ2n) is 6.96. The number of piperidine rings is 1. The first-order chi connectivity index (χ1) is 14.3. The number of aromatic nitrogens is 5. The third-order valence-corrected chi connectivity index (χ3v) is 4.77. The highest BCUT2D eigenvalue weighted by Crippen LogP contribution is 2.26. The maximum absolute atomic E-state index is 13.6. The number of rotatable bonds is 5. The lowest BCUT2D eigenvalue weighted by atomic mass is 10.1. The highest BCUT2D eigenvalue weighted by molar-refractivity contribution is 6.08. The van der Waals surface area contributed by atoms with Crippen molar-refractivity contribution in [3.05, 3.63) is 35.9 Å². The summed E-state index contributed by atoms with van der Waals surface area (Å²) in [5.41, 5.74) is -0.561. The van der Waals surface area contributed by atoms with Gasteiger partial charge in [-0.25, -0.2) is 27.7 Å². The number of carbonyl (C=O) groups is 1. The average Bonchev–Trinajstić information content (AvgIpc) is 3.30. The number of halogens is 3. The van der Waals surface area contributed by atoms with Crippen molar-refractivity contribution in [2.75, 3.05) is 23.5 Å². The van der Waals surface area contributed by atoms with E-state index >= 15 is 0 Å². The van der Waals surface area contributed by atoms with Crippen molar-refractivity contribution in [1.29, 1.82) is 0 Å². The average molecular weight is 424 g/mol. The van der Waals surface area contributed by atoms with Gasteiger partial charge in [0.1, 0.15) is 11.7 Å². The zero-order chi connectivity index (χ0) is 21.4. The Balaban J connectivity index is 1.60. The first-order valence-corrected chi connectivity index (χ1v) is 9.13. The van der Waals surface area contributed by atoms with Crippen molar-refractivity contribution in [3.63, 3.8) is 0 Å². The largest absolute Gasteiger partial charge is 0.319 e. The Morgan fingerprint density at radius 3 is 2.97 bits per heavy atom. The van der Waals surface area contributed by atoms with Gasteiger partial charge in [0, 0.05) is 45.0 Å². The molecule has 0 aliphatic carbocycles. The molecule has 0 saturated carbocycles. The predicted molar refractivity (Wildman–Crippen MR) is 99.5 cm³/mol. The van der Waals surface area contributed by atoms with Crippen LogP contribution in [0.5, 0.6) is 0 Å². The van der Waals surface area contributed by atoms with E-state index < -0.39 is 30.2 Å². The molecule has 2 atom stereocenters. The number of hydrogen-bond donors (Lipinski definition) is 3. The van der Waals surface area contributed by atoms with E-state index in [1.54, 1.807) is 0 Å². The van der Waals surface area contributed by atoms with E-state index in [-0.39, 0.29) is 35.7 Å². The number of hydroxylamine groups is 1. The number of carbonyl (C=O) groups excluding carboxylic acids is 1. The van der Waals surface area contributed by atoms with Crippen LogP contribution in [0, 0.1) is 0 Å². The maximum atomic E-state index is 13.6. The number of anilines is 2. The van der Waals surface area contributed by atoms with Gasteiger partial charge in [-0.3, -0.25) is 14.7 Å². The Bertz CT molecular complexity index is 1070. The van der Waals surface area contributed by atoms with Gasteiger partial charge in [-0.2, -0.15) is 10.2 Å². The number of fused-ring (bicyclic) bond motifs is 1. The predicted octanol–water partition coefficient (Wildman–Crippen LogP) is 1.55. The zero-order valence-corrected chi connectivity index (χ0v) is 15.8. The molecule has 160 valence electrons. The SMILES string of the molecule is Cn1cc(NC(=O)c2cnn3ccc(N(O)[C@@H]4CNC[C@H](F)C4)nc23)c(C(F)F)n1. The molecule has 3 aromatic heterocycles. The molecule has 1 saturated heterocycles. The molecule has 4 rings (SSSR count). The summed E-state index contributed by atoms with van der Waals surface area (Å²) in [5, 5.41) is 24.3. The van der Waals surface area contributed by atoms with Gasteiger partial charge in [-0.05, 0) is 0 Å². The van der Waals surface area contributed by atoms with Crippen molar-refractivity contribution < 1.29 is 23.2 Å². The van der Waals surface area contributed by atoms with Crippen molar-refractivity contribution in [2.24, 2.45) is 7.05 Å². The van der Waals surface area contributed by atoms with E-state index in [2.05, 4.69) is 25.8 Å².